The number of amides is 3. The van der Waals surface area contributed by atoms with Crippen molar-refractivity contribution < 1.29 is 14.4 Å². The highest BCUT2D eigenvalue weighted by Crippen LogP contribution is 2.27. The van der Waals surface area contributed by atoms with Gasteiger partial charge in [-0.25, -0.2) is 0 Å². The summed E-state index contributed by atoms with van der Waals surface area (Å²) < 4.78 is 1.50. The fourth-order valence-corrected chi connectivity index (χ4v) is 5.17. The molecule has 2 aliphatic rings. The molecule has 9 heteroatoms. The predicted octanol–water partition coefficient (Wildman–Crippen LogP) is 2.63. The van der Waals surface area contributed by atoms with Crippen LogP contribution >= 0.6 is 0 Å². The minimum Gasteiger partial charge on any atom is -0.361 e. The zero-order valence-corrected chi connectivity index (χ0v) is 20.3. The number of H-pyrrole nitrogens is 1. The van der Waals surface area contributed by atoms with E-state index in [9.17, 15) is 14.4 Å². The smallest absolute Gasteiger partial charge is 0.272 e. The monoisotopic (exact) mass is 476 g/mol. The van der Waals surface area contributed by atoms with Crippen LogP contribution in [0.25, 0.3) is 10.9 Å². The summed E-state index contributed by atoms with van der Waals surface area (Å²) in [5.74, 6) is -0.829. The highest BCUT2D eigenvalue weighted by molar-refractivity contribution is 6.01. The summed E-state index contributed by atoms with van der Waals surface area (Å²) in [5, 5.41) is 11.6. The van der Waals surface area contributed by atoms with E-state index in [2.05, 4.69) is 26.8 Å². The fourth-order valence-electron chi connectivity index (χ4n) is 5.17. The van der Waals surface area contributed by atoms with Crippen LogP contribution in [0.3, 0.4) is 0 Å². The minimum absolute atomic E-state index is 0.147. The van der Waals surface area contributed by atoms with Gasteiger partial charge in [0.25, 0.3) is 11.8 Å². The van der Waals surface area contributed by atoms with Gasteiger partial charge in [0.05, 0.1) is 6.54 Å². The Morgan fingerprint density at radius 1 is 1.20 bits per heavy atom. The number of hydrogen-bond donors (Lipinski definition) is 3. The first kappa shape index (κ1) is 23.1. The van der Waals surface area contributed by atoms with Crippen LogP contribution in [0.1, 0.15) is 65.6 Å². The standard InChI is InChI=1S/C26H32N6O3/c1-26(25(35)29-18-8-4-3-5-9-18)16-32-22(24(34)31(26)2)14-21(30-32)23(33)27-13-12-17-15-28-20-11-7-6-10-19(17)20/h6-7,10-11,14-15,18,28H,3-5,8-9,12-13,16H2,1-2H3,(H,27,33)(H,29,35). The van der Waals surface area contributed by atoms with E-state index in [4.69, 9.17) is 0 Å². The summed E-state index contributed by atoms with van der Waals surface area (Å²) in [5.41, 5.74) is 1.61. The van der Waals surface area contributed by atoms with E-state index in [-0.39, 0.29) is 36.0 Å². The van der Waals surface area contributed by atoms with Crippen LogP contribution < -0.4 is 10.6 Å². The molecule has 9 nitrogen and oxygen atoms in total. The summed E-state index contributed by atoms with van der Waals surface area (Å²) in [7, 11) is 1.64. The lowest BCUT2D eigenvalue weighted by Crippen LogP contribution is -2.63. The Morgan fingerprint density at radius 3 is 2.77 bits per heavy atom. The Morgan fingerprint density at radius 2 is 1.97 bits per heavy atom. The van der Waals surface area contributed by atoms with Crippen molar-refractivity contribution >= 4 is 28.6 Å². The third-order valence-electron chi connectivity index (χ3n) is 7.52. The van der Waals surface area contributed by atoms with Crippen LogP contribution in [0.15, 0.2) is 36.5 Å². The molecule has 1 aliphatic heterocycles. The molecule has 3 aromatic rings. The molecule has 3 N–H and O–H groups in total. The van der Waals surface area contributed by atoms with Crippen LogP contribution in [0, 0.1) is 0 Å². The Labute approximate surface area is 204 Å². The van der Waals surface area contributed by atoms with E-state index in [0.717, 1.165) is 42.1 Å². The molecule has 0 spiro atoms. The molecule has 184 valence electrons. The molecule has 1 saturated carbocycles. The van der Waals surface area contributed by atoms with Gasteiger partial charge in [0.2, 0.25) is 5.91 Å². The molecule has 3 heterocycles. The van der Waals surface area contributed by atoms with E-state index in [0.29, 0.717) is 18.7 Å². The molecule has 5 rings (SSSR count). The molecule has 3 amide bonds. The summed E-state index contributed by atoms with van der Waals surface area (Å²) in [6, 6.07) is 9.70. The van der Waals surface area contributed by atoms with Crippen LogP contribution in [-0.2, 0) is 17.8 Å². The van der Waals surface area contributed by atoms with Crippen LogP contribution in [0.4, 0.5) is 0 Å². The first-order valence-electron chi connectivity index (χ1n) is 12.4. The van der Waals surface area contributed by atoms with Crippen molar-refractivity contribution in [2.24, 2.45) is 0 Å². The third kappa shape index (κ3) is 4.31. The van der Waals surface area contributed by atoms with Gasteiger partial charge in [-0.3, -0.25) is 19.1 Å². The largest absolute Gasteiger partial charge is 0.361 e. The lowest BCUT2D eigenvalue weighted by atomic mass is 9.92. The minimum atomic E-state index is -1.07. The second-order valence-electron chi connectivity index (χ2n) is 9.88. The average molecular weight is 477 g/mol. The van der Waals surface area contributed by atoms with Crippen molar-refractivity contribution in [2.45, 2.75) is 63.6 Å². The van der Waals surface area contributed by atoms with E-state index in [1.54, 1.807) is 14.0 Å². The Hall–Kier alpha value is -3.62. The van der Waals surface area contributed by atoms with E-state index < -0.39 is 5.54 Å². The molecule has 1 fully saturated rings. The van der Waals surface area contributed by atoms with E-state index >= 15 is 0 Å². The number of nitrogens with zero attached hydrogens (tertiary/aromatic N) is 3. The van der Waals surface area contributed by atoms with Gasteiger partial charge in [0.15, 0.2) is 5.69 Å². The number of nitrogens with one attached hydrogen (secondary N) is 3. The Bertz CT molecular complexity index is 1270. The molecule has 1 aliphatic carbocycles. The summed E-state index contributed by atoms with van der Waals surface area (Å²) in [6.07, 6.45) is 7.98. The zero-order valence-electron chi connectivity index (χ0n) is 20.3. The number of aromatic amines is 1. The highest BCUT2D eigenvalue weighted by Gasteiger charge is 2.46. The molecule has 0 bridgehead atoms. The molecule has 2 aromatic heterocycles. The Balaban J connectivity index is 1.25. The molecular weight excluding hydrogens is 444 g/mol. The molecule has 0 saturated heterocycles. The third-order valence-corrected chi connectivity index (χ3v) is 7.52. The van der Waals surface area contributed by atoms with Crippen molar-refractivity contribution in [2.75, 3.05) is 13.6 Å². The maximum Gasteiger partial charge on any atom is 0.272 e. The van der Waals surface area contributed by atoms with Gasteiger partial charge in [-0.15, -0.1) is 0 Å². The second-order valence-corrected chi connectivity index (χ2v) is 9.88. The van der Waals surface area contributed by atoms with Crippen molar-refractivity contribution in [3.05, 3.63) is 53.5 Å². The van der Waals surface area contributed by atoms with Gasteiger partial charge in [-0.05, 0) is 37.8 Å². The van der Waals surface area contributed by atoms with Gasteiger partial charge in [-0.1, -0.05) is 37.5 Å². The number of para-hydroxylation sites is 1. The lowest BCUT2D eigenvalue weighted by molar-refractivity contribution is -0.133. The van der Waals surface area contributed by atoms with Crippen molar-refractivity contribution in [1.29, 1.82) is 0 Å². The number of hydrogen-bond acceptors (Lipinski definition) is 4. The second kappa shape index (κ2) is 9.20. The predicted molar refractivity (Wildman–Crippen MR) is 132 cm³/mol. The number of likely N-dealkylation sites (N-methyl/N-ethyl adjacent to an activating group) is 1. The maximum absolute atomic E-state index is 13.2. The number of carbonyl (C=O) groups is 3. The summed E-state index contributed by atoms with van der Waals surface area (Å²) in [6.45, 7) is 2.40. The Kier molecular flexibility index (Phi) is 6.08. The number of benzene rings is 1. The quantitative estimate of drug-likeness (QED) is 0.508. The van der Waals surface area contributed by atoms with Gasteiger partial charge >= 0.3 is 0 Å². The maximum atomic E-state index is 13.2. The first-order valence-corrected chi connectivity index (χ1v) is 12.4. The van der Waals surface area contributed by atoms with Crippen molar-refractivity contribution in [3.8, 4) is 0 Å². The molecule has 0 radical (unpaired) electrons. The van der Waals surface area contributed by atoms with Crippen LogP contribution in [0.2, 0.25) is 0 Å². The molecule has 1 aromatic carbocycles. The first-order chi connectivity index (χ1) is 16.9. The average Bonchev–Trinajstić information content (AvgIpc) is 3.48. The lowest BCUT2D eigenvalue weighted by Gasteiger charge is -2.41. The molecule has 1 unspecified atom stereocenters. The van der Waals surface area contributed by atoms with Gasteiger partial charge in [0, 0.05) is 42.8 Å². The van der Waals surface area contributed by atoms with E-state index in [1.165, 1.54) is 22.1 Å². The zero-order chi connectivity index (χ0) is 24.6. The molecule has 1 atom stereocenters. The normalized spacial score (nSPS) is 20.6. The highest BCUT2D eigenvalue weighted by atomic mass is 16.2. The number of fused-ring (bicyclic) bond motifs is 2. The molecule has 35 heavy (non-hydrogen) atoms. The van der Waals surface area contributed by atoms with Gasteiger partial charge in [0.1, 0.15) is 11.2 Å². The summed E-state index contributed by atoms with van der Waals surface area (Å²) in [4.78, 5) is 43.8. The van der Waals surface area contributed by atoms with Crippen molar-refractivity contribution in [3.63, 3.8) is 0 Å². The van der Waals surface area contributed by atoms with Crippen LogP contribution in [-0.4, -0.2) is 62.6 Å². The van der Waals surface area contributed by atoms with E-state index in [1.807, 2.05) is 24.4 Å². The van der Waals surface area contributed by atoms with Gasteiger partial charge in [-0.2, -0.15) is 5.10 Å². The number of aromatic nitrogens is 3. The van der Waals surface area contributed by atoms with Crippen molar-refractivity contribution in [1.82, 2.24) is 30.3 Å². The summed E-state index contributed by atoms with van der Waals surface area (Å²) >= 11 is 0. The van der Waals surface area contributed by atoms with Gasteiger partial charge < -0.3 is 20.5 Å². The van der Waals surface area contributed by atoms with Crippen LogP contribution in [0.5, 0.6) is 0 Å². The topological polar surface area (TPSA) is 112 Å². The SMILES string of the molecule is CN1C(=O)c2cc(C(=O)NCCc3c[nH]c4ccccc34)nn2CC1(C)C(=O)NC1CCCCC1. The fraction of sp³-hybridized carbons (Fsp3) is 0.462. The molecular formula is C26H32N6O3. The number of carbonyl (C=O) groups excluding carboxylic acids is 3. The number of rotatable bonds is 6.